The molecule has 1 N–H and O–H groups in total. The van der Waals surface area contributed by atoms with E-state index in [1.807, 2.05) is 16.6 Å². The number of amides is 1. The van der Waals surface area contributed by atoms with Crippen LogP contribution in [0.2, 0.25) is 0 Å². The van der Waals surface area contributed by atoms with Gasteiger partial charge in [0.1, 0.15) is 0 Å². The van der Waals surface area contributed by atoms with Crippen molar-refractivity contribution in [3.05, 3.63) is 11.5 Å². The Labute approximate surface area is 83.6 Å². The maximum absolute atomic E-state index is 11.6. The molecule has 13 heavy (non-hydrogen) atoms. The summed E-state index contributed by atoms with van der Waals surface area (Å²) in [6.07, 6.45) is 3.59. The fraction of sp³-hybridized carbons (Fsp3) is 0.667. The van der Waals surface area contributed by atoms with Crippen molar-refractivity contribution in [1.82, 2.24) is 10.2 Å². The van der Waals surface area contributed by atoms with Gasteiger partial charge in [-0.05, 0) is 18.6 Å². The zero-order chi connectivity index (χ0) is 9.68. The molecule has 0 aliphatic carbocycles. The highest BCUT2D eigenvalue weighted by Gasteiger charge is 2.20. The summed E-state index contributed by atoms with van der Waals surface area (Å²) >= 11 is 1.55. The monoisotopic (exact) mass is 200 g/mol. The molecule has 0 radical (unpaired) electrons. The maximum Gasteiger partial charge on any atom is 0.247 e. The summed E-state index contributed by atoms with van der Waals surface area (Å²) in [4.78, 5) is 13.5. The third-order valence-electron chi connectivity index (χ3n) is 2.13. The summed E-state index contributed by atoms with van der Waals surface area (Å²) in [5, 5.41) is 5.08. The van der Waals surface area contributed by atoms with E-state index in [2.05, 4.69) is 12.2 Å². The number of hydrogen-bond acceptors (Lipinski definition) is 3. The van der Waals surface area contributed by atoms with E-state index < -0.39 is 0 Å². The highest BCUT2D eigenvalue weighted by atomic mass is 32.2. The quantitative estimate of drug-likeness (QED) is 0.665. The van der Waals surface area contributed by atoms with Gasteiger partial charge in [-0.25, -0.2) is 0 Å². The second-order valence-electron chi connectivity index (χ2n) is 3.12. The maximum atomic E-state index is 11.6. The highest BCUT2D eigenvalue weighted by Crippen LogP contribution is 2.04. The van der Waals surface area contributed by atoms with Crippen LogP contribution in [0.3, 0.4) is 0 Å². The summed E-state index contributed by atoms with van der Waals surface area (Å²) < 4.78 is 0. The molecule has 0 aromatic rings. The number of thioether (sulfide) groups is 1. The molecule has 0 saturated carbocycles. The molecule has 1 fully saturated rings. The third-order valence-corrected chi connectivity index (χ3v) is 2.54. The van der Waals surface area contributed by atoms with Crippen LogP contribution in [-0.2, 0) is 4.79 Å². The van der Waals surface area contributed by atoms with Crippen LogP contribution in [0.5, 0.6) is 0 Å². The first-order valence-electron chi connectivity index (χ1n) is 4.46. The molecule has 1 amide bonds. The molecular formula is C9H16N2OS. The number of rotatable bonds is 2. The lowest BCUT2D eigenvalue weighted by atomic mass is 10.2. The smallest absolute Gasteiger partial charge is 0.247 e. The molecule has 1 heterocycles. The molecule has 1 rings (SSSR count). The van der Waals surface area contributed by atoms with Gasteiger partial charge in [0, 0.05) is 31.8 Å². The van der Waals surface area contributed by atoms with Crippen molar-refractivity contribution in [1.29, 1.82) is 0 Å². The Kier molecular flexibility index (Phi) is 4.32. The van der Waals surface area contributed by atoms with Gasteiger partial charge in [0.05, 0.1) is 0 Å². The molecule has 0 spiro atoms. The fourth-order valence-corrected chi connectivity index (χ4v) is 1.64. The third kappa shape index (κ3) is 3.04. The molecule has 0 aromatic heterocycles. The van der Waals surface area contributed by atoms with E-state index in [0.717, 1.165) is 19.6 Å². The Morgan fingerprint density at radius 1 is 1.69 bits per heavy atom. The number of carbonyl (C=O) groups is 1. The highest BCUT2D eigenvalue weighted by molar-refractivity contribution is 8.01. The van der Waals surface area contributed by atoms with Crippen LogP contribution in [0.1, 0.15) is 6.92 Å². The Morgan fingerprint density at radius 3 is 3.08 bits per heavy atom. The Morgan fingerprint density at radius 2 is 2.46 bits per heavy atom. The molecule has 4 heteroatoms. The lowest BCUT2D eigenvalue weighted by Crippen LogP contribution is -2.51. The van der Waals surface area contributed by atoms with Gasteiger partial charge >= 0.3 is 0 Å². The van der Waals surface area contributed by atoms with Crippen LogP contribution in [0.15, 0.2) is 11.5 Å². The minimum Gasteiger partial charge on any atom is -0.334 e. The van der Waals surface area contributed by atoms with E-state index in [4.69, 9.17) is 0 Å². The van der Waals surface area contributed by atoms with Crippen molar-refractivity contribution in [3.63, 3.8) is 0 Å². The molecule has 0 bridgehead atoms. The lowest BCUT2D eigenvalue weighted by Gasteiger charge is -2.33. The summed E-state index contributed by atoms with van der Waals surface area (Å²) in [6, 6.07) is 0.313. The Bertz CT molecular complexity index is 206. The normalized spacial score (nSPS) is 23.8. The number of nitrogens with zero attached hydrogens (tertiary/aromatic N) is 1. The van der Waals surface area contributed by atoms with E-state index in [9.17, 15) is 4.79 Å². The molecule has 1 aliphatic rings. The summed E-state index contributed by atoms with van der Waals surface area (Å²) in [7, 11) is 0. The molecule has 0 unspecified atom stereocenters. The van der Waals surface area contributed by atoms with Crippen molar-refractivity contribution < 1.29 is 4.79 Å². The van der Waals surface area contributed by atoms with Gasteiger partial charge in [-0.15, -0.1) is 11.8 Å². The SMILES string of the molecule is CS/C=C/C(=O)N1CCNC[C@H]1C. The number of piperazine rings is 1. The van der Waals surface area contributed by atoms with E-state index in [0.29, 0.717) is 6.04 Å². The molecule has 3 nitrogen and oxygen atoms in total. The predicted molar refractivity (Wildman–Crippen MR) is 56.7 cm³/mol. The van der Waals surface area contributed by atoms with Crippen molar-refractivity contribution in [2.75, 3.05) is 25.9 Å². The molecule has 74 valence electrons. The number of nitrogens with one attached hydrogen (secondary N) is 1. The van der Waals surface area contributed by atoms with Gasteiger partial charge in [-0.2, -0.15) is 0 Å². The number of carbonyl (C=O) groups excluding carboxylic acids is 1. The van der Waals surface area contributed by atoms with E-state index in [1.54, 1.807) is 17.8 Å². The zero-order valence-corrected chi connectivity index (χ0v) is 8.93. The lowest BCUT2D eigenvalue weighted by molar-refractivity contribution is -0.128. The van der Waals surface area contributed by atoms with Gasteiger partial charge < -0.3 is 10.2 Å². The van der Waals surface area contributed by atoms with E-state index >= 15 is 0 Å². The first-order chi connectivity index (χ1) is 6.25. The van der Waals surface area contributed by atoms with Gasteiger partial charge in [-0.3, -0.25) is 4.79 Å². The standard InChI is InChI=1S/C9H16N2OS/c1-8-7-10-4-5-11(8)9(12)3-6-13-2/h3,6,8,10H,4-5,7H2,1-2H3/b6-3+/t8-/m1/s1. The van der Waals surface area contributed by atoms with Crippen LogP contribution in [0.4, 0.5) is 0 Å². The Balaban J connectivity index is 2.48. The van der Waals surface area contributed by atoms with Crippen molar-refractivity contribution >= 4 is 17.7 Å². The molecule has 1 atom stereocenters. The average Bonchev–Trinajstić information content (AvgIpc) is 2.15. The van der Waals surface area contributed by atoms with E-state index in [-0.39, 0.29) is 5.91 Å². The van der Waals surface area contributed by atoms with Crippen molar-refractivity contribution in [3.8, 4) is 0 Å². The molecule has 1 aliphatic heterocycles. The van der Waals surface area contributed by atoms with Crippen molar-refractivity contribution in [2.45, 2.75) is 13.0 Å². The molecule has 0 aromatic carbocycles. The van der Waals surface area contributed by atoms with Crippen LogP contribution in [-0.4, -0.2) is 42.7 Å². The minimum atomic E-state index is 0.128. The summed E-state index contributed by atoms with van der Waals surface area (Å²) in [5.41, 5.74) is 0. The molecule has 1 saturated heterocycles. The van der Waals surface area contributed by atoms with E-state index in [1.165, 1.54) is 0 Å². The number of hydrogen-bond donors (Lipinski definition) is 1. The van der Waals surface area contributed by atoms with Crippen LogP contribution >= 0.6 is 11.8 Å². The van der Waals surface area contributed by atoms with Gasteiger partial charge in [0.15, 0.2) is 0 Å². The van der Waals surface area contributed by atoms with Gasteiger partial charge in [-0.1, -0.05) is 0 Å². The average molecular weight is 200 g/mol. The zero-order valence-electron chi connectivity index (χ0n) is 8.12. The first-order valence-corrected chi connectivity index (χ1v) is 5.75. The van der Waals surface area contributed by atoms with Gasteiger partial charge in [0.25, 0.3) is 0 Å². The van der Waals surface area contributed by atoms with Crippen LogP contribution in [0.25, 0.3) is 0 Å². The predicted octanol–water partition coefficient (Wildman–Crippen LogP) is 0.683. The van der Waals surface area contributed by atoms with Crippen LogP contribution in [0, 0.1) is 0 Å². The minimum absolute atomic E-state index is 0.128. The van der Waals surface area contributed by atoms with Crippen LogP contribution < -0.4 is 5.32 Å². The summed E-state index contributed by atoms with van der Waals surface area (Å²) in [6.45, 7) is 4.69. The first kappa shape index (κ1) is 10.6. The topological polar surface area (TPSA) is 32.3 Å². The fourth-order valence-electron chi connectivity index (χ4n) is 1.39. The van der Waals surface area contributed by atoms with Crippen molar-refractivity contribution in [2.24, 2.45) is 0 Å². The Hall–Kier alpha value is -0.480. The largest absolute Gasteiger partial charge is 0.334 e. The van der Waals surface area contributed by atoms with Gasteiger partial charge in [0.2, 0.25) is 5.91 Å². The summed E-state index contributed by atoms with van der Waals surface area (Å²) in [5.74, 6) is 0.128. The second kappa shape index (κ2) is 5.29. The molecular weight excluding hydrogens is 184 g/mol. The second-order valence-corrected chi connectivity index (χ2v) is 3.87.